The molecule has 93 heavy (non-hydrogen) atoms. The number of phenolic OH excluding ortho intramolecular Hbond substituents is 2. The maximum absolute atomic E-state index is 16.0. The van der Waals surface area contributed by atoms with Gasteiger partial charge >= 0.3 is 0 Å². The molecule has 4 amide bonds. The molecule has 6 aliphatic carbocycles. The quantitative estimate of drug-likeness (QED) is 0.0794. The molecule has 10 aromatic carbocycles. The van der Waals surface area contributed by atoms with E-state index in [1.807, 2.05) is 140 Å². The standard InChI is InChI=1S/C81H66N2O10/c1-48-20-38-58(39-21-48)91-45-57(86)46-92-59-40-26-50(27-41-59)78(2,3)51-28-42-60(43-29-51)93-47-80-63-14-6-4-12-61(63)69(62-13-5-7-15-64(62)80)70-71(80)75(88)82(74(70)87)53-30-32-54(33-31-53)83-76(89)72-73(77(83)90)81(52-24-36-56(85)37-25-52)67-18-10-8-16-65(67)79(72,66-17-9-11-19-68(66)81)44-49-22-34-55(84)35-23-49/h4-43,57,69-73,84-86H,44-47H2,1-3H3. The molecule has 4 bridgehead atoms. The van der Waals surface area contributed by atoms with E-state index in [4.69, 9.17) is 14.2 Å². The van der Waals surface area contributed by atoms with Crippen LogP contribution in [0.3, 0.4) is 0 Å². The summed E-state index contributed by atoms with van der Waals surface area (Å²) in [7, 11) is 0. The van der Waals surface area contributed by atoms with Crippen LogP contribution < -0.4 is 24.0 Å². The molecular formula is C81H66N2O10. The summed E-state index contributed by atoms with van der Waals surface area (Å²) in [6.45, 7) is 6.57. The first-order chi connectivity index (χ1) is 45.1. The number of benzene rings is 10. The second-order valence-corrected chi connectivity index (χ2v) is 26.4. The number of hydrogen-bond donors (Lipinski definition) is 3. The van der Waals surface area contributed by atoms with Gasteiger partial charge in [0.15, 0.2) is 0 Å². The highest BCUT2D eigenvalue weighted by molar-refractivity contribution is 6.26. The Morgan fingerprint density at radius 2 is 0.860 bits per heavy atom. The largest absolute Gasteiger partial charge is 0.508 e. The SMILES string of the molecule is Cc1ccc(OCC(O)COc2ccc(C(C)(C)c3ccc(OCC45c6ccccc6C(c6ccccc64)C4C(=O)N(c6ccc(N7C(=O)C8C(C7=O)C7(c9ccc(O)cc9)c9ccccc9C8(Cc8ccc(O)cc8)c8ccccc87)cc6)C(=O)C45)cc3)cc2)cc1. The van der Waals surface area contributed by atoms with Crippen LogP contribution >= 0.6 is 0 Å². The number of aryl methyl sites for hydroxylation is 1. The summed E-state index contributed by atoms with van der Waals surface area (Å²) in [5.41, 5.74) is 9.34. The summed E-state index contributed by atoms with van der Waals surface area (Å²) in [5, 5.41) is 31.7. The molecule has 3 N–H and O–H groups in total. The fourth-order valence-corrected chi connectivity index (χ4v) is 17.2. The Morgan fingerprint density at radius 3 is 1.38 bits per heavy atom. The van der Waals surface area contributed by atoms with Crippen molar-refractivity contribution in [1.29, 1.82) is 0 Å². The van der Waals surface area contributed by atoms with Crippen LogP contribution in [0.25, 0.3) is 0 Å². The maximum Gasteiger partial charge on any atom is 0.239 e. The zero-order valence-electron chi connectivity index (χ0n) is 51.5. The molecule has 0 radical (unpaired) electrons. The van der Waals surface area contributed by atoms with Gasteiger partial charge in [-0.15, -0.1) is 0 Å². The number of aromatic hydroxyl groups is 2. The van der Waals surface area contributed by atoms with Crippen molar-refractivity contribution < 1.29 is 48.7 Å². The van der Waals surface area contributed by atoms with E-state index in [2.05, 4.69) is 74.5 Å². The molecule has 12 heteroatoms. The van der Waals surface area contributed by atoms with Crippen LogP contribution in [0.2, 0.25) is 0 Å². The van der Waals surface area contributed by atoms with Gasteiger partial charge in [-0.25, -0.2) is 9.80 Å². The van der Waals surface area contributed by atoms with Crippen LogP contribution in [0.4, 0.5) is 11.4 Å². The van der Waals surface area contributed by atoms with Gasteiger partial charge in [-0.05, 0) is 165 Å². The van der Waals surface area contributed by atoms with Crippen LogP contribution in [0.5, 0.6) is 28.7 Å². The average molecular weight is 1230 g/mol. The van der Waals surface area contributed by atoms with E-state index in [1.165, 1.54) is 9.80 Å². The number of carbonyl (C=O) groups is 4. The van der Waals surface area contributed by atoms with Crippen LogP contribution in [-0.4, -0.2) is 64.9 Å². The third-order valence-corrected chi connectivity index (χ3v) is 21.4. The van der Waals surface area contributed by atoms with Crippen molar-refractivity contribution in [3.05, 3.63) is 315 Å². The molecule has 0 saturated carbocycles. The second-order valence-electron chi connectivity index (χ2n) is 26.4. The van der Waals surface area contributed by atoms with Crippen molar-refractivity contribution in [1.82, 2.24) is 0 Å². The van der Waals surface area contributed by atoms with Gasteiger partial charge in [0.2, 0.25) is 23.6 Å². The highest BCUT2D eigenvalue weighted by Gasteiger charge is 2.74. The predicted molar refractivity (Wildman–Crippen MR) is 353 cm³/mol. The van der Waals surface area contributed by atoms with E-state index in [1.54, 1.807) is 48.5 Å². The highest BCUT2D eigenvalue weighted by Crippen LogP contribution is 2.70. The van der Waals surface area contributed by atoms with E-state index in [0.29, 0.717) is 35.0 Å². The fourth-order valence-electron chi connectivity index (χ4n) is 17.2. The Labute approximate surface area is 538 Å². The molecule has 12 nitrogen and oxygen atoms in total. The zero-order chi connectivity index (χ0) is 63.7. The molecule has 5 unspecified atom stereocenters. The normalized spacial score (nSPS) is 23.8. The van der Waals surface area contributed by atoms with Gasteiger partial charge in [0.05, 0.1) is 45.9 Å². The number of rotatable bonds is 16. The first-order valence-corrected chi connectivity index (χ1v) is 31.8. The molecule has 8 aliphatic rings. The summed E-state index contributed by atoms with van der Waals surface area (Å²) < 4.78 is 18.7. The van der Waals surface area contributed by atoms with Crippen LogP contribution in [0, 0.1) is 30.6 Å². The van der Waals surface area contributed by atoms with Crippen molar-refractivity contribution in [2.24, 2.45) is 23.7 Å². The number of hydrogen-bond acceptors (Lipinski definition) is 10. The van der Waals surface area contributed by atoms with E-state index < -0.39 is 57.4 Å². The van der Waals surface area contributed by atoms with E-state index in [-0.39, 0.29) is 54.9 Å². The molecule has 2 fully saturated rings. The molecule has 18 rings (SSSR count). The third-order valence-electron chi connectivity index (χ3n) is 21.4. The molecule has 0 aromatic heterocycles. The van der Waals surface area contributed by atoms with Crippen molar-refractivity contribution in [3.8, 4) is 28.7 Å². The number of carbonyl (C=O) groups excluding carboxylic acids is 4. The summed E-state index contributed by atoms with van der Waals surface area (Å²) in [5.74, 6) is -3.19. The number of imide groups is 2. The first-order valence-electron chi connectivity index (χ1n) is 31.8. The summed E-state index contributed by atoms with van der Waals surface area (Å²) in [6.07, 6.45) is -0.467. The molecule has 0 spiro atoms. The number of aliphatic hydroxyl groups is 1. The molecule has 2 saturated heterocycles. The first kappa shape index (κ1) is 57.6. The monoisotopic (exact) mass is 1230 g/mol. The minimum absolute atomic E-state index is 0.0623. The van der Waals surface area contributed by atoms with E-state index in [9.17, 15) is 15.3 Å². The van der Waals surface area contributed by atoms with Crippen LogP contribution in [0.15, 0.2) is 243 Å². The topological polar surface area (TPSA) is 163 Å². The number of ether oxygens (including phenoxy) is 3. The Hall–Kier alpha value is -10.6. The number of anilines is 2. The van der Waals surface area contributed by atoms with Gasteiger partial charge in [-0.3, -0.25) is 19.2 Å². The van der Waals surface area contributed by atoms with Gasteiger partial charge in [0, 0.05) is 16.7 Å². The van der Waals surface area contributed by atoms with Gasteiger partial charge in [-0.1, -0.05) is 177 Å². The number of amides is 4. The Kier molecular flexibility index (Phi) is 13.3. The number of aliphatic hydroxyl groups excluding tert-OH is 1. The van der Waals surface area contributed by atoms with Gasteiger partial charge < -0.3 is 29.5 Å². The van der Waals surface area contributed by atoms with Crippen LogP contribution in [-0.2, 0) is 47.3 Å². The Balaban J connectivity index is 0.696. The van der Waals surface area contributed by atoms with E-state index in [0.717, 1.165) is 72.3 Å². The summed E-state index contributed by atoms with van der Waals surface area (Å²) in [4.78, 5) is 66.1. The molecule has 2 heterocycles. The fraction of sp³-hybridized carbons (Fsp3) is 0.210. The zero-order valence-corrected chi connectivity index (χ0v) is 51.5. The van der Waals surface area contributed by atoms with E-state index >= 15 is 19.2 Å². The van der Waals surface area contributed by atoms with Gasteiger partial charge in [-0.2, -0.15) is 0 Å². The molecule has 5 atom stereocenters. The minimum atomic E-state index is -1.15. The lowest BCUT2D eigenvalue weighted by atomic mass is 9.39. The van der Waals surface area contributed by atoms with Crippen molar-refractivity contribution >= 4 is 35.0 Å². The molecule has 2 aliphatic heterocycles. The van der Waals surface area contributed by atoms with Crippen molar-refractivity contribution in [2.75, 3.05) is 29.6 Å². The second kappa shape index (κ2) is 21.5. The molecule has 460 valence electrons. The lowest BCUT2D eigenvalue weighted by Crippen LogP contribution is -2.62. The maximum atomic E-state index is 16.0. The lowest BCUT2D eigenvalue weighted by molar-refractivity contribution is -0.124. The lowest BCUT2D eigenvalue weighted by Gasteiger charge is -2.60. The van der Waals surface area contributed by atoms with Crippen LogP contribution in [0.1, 0.15) is 92.1 Å². The Bertz CT molecular complexity index is 4540. The summed E-state index contributed by atoms with van der Waals surface area (Å²) >= 11 is 0. The smallest absolute Gasteiger partial charge is 0.239 e. The minimum Gasteiger partial charge on any atom is -0.508 e. The van der Waals surface area contributed by atoms with Gasteiger partial charge in [0.1, 0.15) is 54.7 Å². The van der Waals surface area contributed by atoms with Crippen molar-refractivity contribution in [2.45, 2.75) is 60.9 Å². The highest BCUT2D eigenvalue weighted by atomic mass is 16.5. The average Bonchev–Trinajstić information content (AvgIpc) is 1.63. The number of nitrogens with zero attached hydrogens (tertiary/aromatic N) is 2. The molecular weight excluding hydrogens is 1160 g/mol. The number of phenols is 2. The van der Waals surface area contributed by atoms with Crippen molar-refractivity contribution in [3.63, 3.8) is 0 Å². The molecule has 10 aromatic rings. The predicted octanol–water partition coefficient (Wildman–Crippen LogP) is 13.2. The Morgan fingerprint density at radius 1 is 0.441 bits per heavy atom. The summed E-state index contributed by atoms with van der Waals surface area (Å²) in [6, 6.07) is 76.7. The third kappa shape index (κ3) is 8.46. The van der Waals surface area contributed by atoms with Gasteiger partial charge in [0.25, 0.3) is 0 Å².